The van der Waals surface area contributed by atoms with E-state index in [0.29, 0.717) is 11.5 Å². The maximum absolute atomic E-state index is 13.1. The Balaban J connectivity index is 1.59. The maximum atomic E-state index is 13.1. The number of nitrogens with zero attached hydrogens (tertiary/aromatic N) is 1. The van der Waals surface area contributed by atoms with E-state index in [9.17, 15) is 21.6 Å². The summed E-state index contributed by atoms with van der Waals surface area (Å²) in [6.45, 7) is 3.46. The predicted octanol–water partition coefficient (Wildman–Crippen LogP) is 3.63. The summed E-state index contributed by atoms with van der Waals surface area (Å²) in [5.41, 5.74) is 1.00. The van der Waals surface area contributed by atoms with E-state index in [-0.39, 0.29) is 46.7 Å². The van der Waals surface area contributed by atoms with E-state index in [4.69, 9.17) is 9.47 Å². The fourth-order valence-corrected chi connectivity index (χ4v) is 6.12. The standard InChI is InChI=1S/C24H24N2O7S2/c1-3-26(15-18-7-5-4-6-8-18)35(30,31)20-11-9-19(10-12-20)34(28,29)25-22-14-24-23(32-16-33-24)13-21(22)17(2)27/h4-14,25H,3,15-16H2,1-2H3. The van der Waals surface area contributed by atoms with Crippen molar-refractivity contribution in [2.24, 2.45) is 0 Å². The third-order valence-electron chi connectivity index (χ3n) is 5.46. The van der Waals surface area contributed by atoms with E-state index in [1.165, 1.54) is 47.6 Å². The van der Waals surface area contributed by atoms with E-state index >= 15 is 0 Å². The SMILES string of the molecule is CCN(Cc1ccccc1)S(=O)(=O)c1ccc(S(=O)(=O)Nc2cc3c(cc2C(C)=O)OCO3)cc1. The third kappa shape index (κ3) is 5.16. The summed E-state index contributed by atoms with van der Waals surface area (Å²) >= 11 is 0. The van der Waals surface area contributed by atoms with Gasteiger partial charge in [-0.1, -0.05) is 37.3 Å². The number of sulfonamides is 2. The molecule has 11 heteroatoms. The fourth-order valence-electron chi connectivity index (χ4n) is 3.62. The number of nitrogens with one attached hydrogen (secondary N) is 1. The molecular formula is C24H24N2O7S2. The second kappa shape index (κ2) is 9.68. The molecule has 0 spiro atoms. The number of fused-ring (bicyclic) bond motifs is 1. The van der Waals surface area contributed by atoms with Crippen LogP contribution in [-0.2, 0) is 26.6 Å². The molecule has 1 N–H and O–H groups in total. The molecule has 0 unspecified atom stereocenters. The Bertz CT molecular complexity index is 1450. The molecule has 3 aromatic rings. The molecule has 3 aromatic carbocycles. The average Bonchev–Trinajstić information content (AvgIpc) is 3.29. The third-order valence-corrected chi connectivity index (χ3v) is 8.78. The molecule has 0 fully saturated rings. The predicted molar refractivity (Wildman–Crippen MR) is 130 cm³/mol. The minimum Gasteiger partial charge on any atom is -0.454 e. The van der Waals surface area contributed by atoms with Crippen LogP contribution < -0.4 is 14.2 Å². The molecular weight excluding hydrogens is 492 g/mol. The summed E-state index contributed by atoms with van der Waals surface area (Å²) in [5, 5.41) is 0. The first-order valence-electron chi connectivity index (χ1n) is 10.7. The summed E-state index contributed by atoms with van der Waals surface area (Å²) in [4.78, 5) is 11.9. The zero-order valence-corrected chi connectivity index (χ0v) is 20.7. The topological polar surface area (TPSA) is 119 Å². The molecule has 9 nitrogen and oxygen atoms in total. The van der Waals surface area contributed by atoms with Gasteiger partial charge in [-0.05, 0) is 42.8 Å². The molecule has 1 heterocycles. The highest BCUT2D eigenvalue weighted by molar-refractivity contribution is 7.92. The van der Waals surface area contributed by atoms with Crippen molar-refractivity contribution in [2.45, 2.75) is 30.2 Å². The molecule has 0 atom stereocenters. The molecule has 1 aliphatic rings. The van der Waals surface area contributed by atoms with Crippen molar-refractivity contribution in [3.05, 3.63) is 77.9 Å². The summed E-state index contributed by atoms with van der Waals surface area (Å²) in [6.07, 6.45) is 0. The molecule has 0 saturated carbocycles. The Hall–Kier alpha value is -3.41. The van der Waals surface area contributed by atoms with Gasteiger partial charge >= 0.3 is 0 Å². The molecule has 0 bridgehead atoms. The van der Waals surface area contributed by atoms with Gasteiger partial charge in [0.25, 0.3) is 10.0 Å². The first-order chi connectivity index (χ1) is 16.6. The molecule has 0 amide bonds. The minimum absolute atomic E-state index is 0.0262. The highest BCUT2D eigenvalue weighted by Gasteiger charge is 2.26. The zero-order chi connectivity index (χ0) is 25.2. The van der Waals surface area contributed by atoms with Crippen LogP contribution >= 0.6 is 0 Å². The maximum Gasteiger partial charge on any atom is 0.261 e. The monoisotopic (exact) mass is 516 g/mol. The van der Waals surface area contributed by atoms with Gasteiger partial charge in [0.1, 0.15) is 0 Å². The lowest BCUT2D eigenvalue weighted by atomic mass is 10.1. The van der Waals surface area contributed by atoms with Crippen molar-refractivity contribution in [1.29, 1.82) is 0 Å². The number of anilines is 1. The van der Waals surface area contributed by atoms with Gasteiger partial charge in [-0.25, -0.2) is 16.8 Å². The Morgan fingerprint density at radius 1 is 0.914 bits per heavy atom. The number of hydrogen-bond donors (Lipinski definition) is 1. The number of ketones is 1. The Labute approximate surface area is 204 Å². The lowest BCUT2D eigenvalue weighted by molar-refractivity contribution is 0.101. The van der Waals surface area contributed by atoms with E-state index in [0.717, 1.165) is 5.56 Å². The minimum atomic E-state index is -4.13. The summed E-state index contributed by atoms with van der Waals surface area (Å²) in [6, 6.07) is 16.9. The zero-order valence-electron chi connectivity index (χ0n) is 19.1. The Morgan fingerprint density at radius 3 is 2.11 bits per heavy atom. The molecule has 1 aliphatic heterocycles. The van der Waals surface area contributed by atoms with Crippen molar-refractivity contribution in [1.82, 2.24) is 4.31 Å². The van der Waals surface area contributed by atoms with Crippen LogP contribution in [0.25, 0.3) is 0 Å². The summed E-state index contributed by atoms with van der Waals surface area (Å²) in [7, 11) is -7.98. The smallest absolute Gasteiger partial charge is 0.261 e. The molecule has 0 aliphatic carbocycles. The second-order valence-corrected chi connectivity index (χ2v) is 11.4. The van der Waals surface area contributed by atoms with Gasteiger partial charge in [-0.15, -0.1) is 0 Å². The lowest BCUT2D eigenvalue weighted by Crippen LogP contribution is -2.30. The van der Waals surface area contributed by atoms with Crippen LogP contribution in [0.2, 0.25) is 0 Å². The molecule has 35 heavy (non-hydrogen) atoms. The molecule has 0 saturated heterocycles. The van der Waals surface area contributed by atoms with Gasteiger partial charge in [0, 0.05) is 24.7 Å². The molecule has 4 rings (SSSR count). The normalized spacial score (nSPS) is 13.1. The first kappa shape index (κ1) is 24.7. The number of carbonyl (C=O) groups is 1. The largest absolute Gasteiger partial charge is 0.454 e. The average molecular weight is 517 g/mol. The van der Waals surface area contributed by atoms with E-state index in [1.54, 1.807) is 6.92 Å². The Morgan fingerprint density at radius 2 is 1.51 bits per heavy atom. The van der Waals surface area contributed by atoms with Crippen LogP contribution in [0.3, 0.4) is 0 Å². The van der Waals surface area contributed by atoms with Crippen molar-refractivity contribution in [2.75, 3.05) is 18.1 Å². The van der Waals surface area contributed by atoms with Gasteiger partial charge in [0.2, 0.25) is 16.8 Å². The number of carbonyl (C=O) groups excluding carboxylic acids is 1. The van der Waals surface area contributed by atoms with Gasteiger partial charge < -0.3 is 9.47 Å². The number of benzene rings is 3. The van der Waals surface area contributed by atoms with E-state index in [1.807, 2.05) is 30.3 Å². The van der Waals surface area contributed by atoms with Gasteiger partial charge in [0.15, 0.2) is 17.3 Å². The number of Topliss-reactive ketones (excluding diaryl/α,β-unsaturated/α-hetero) is 1. The van der Waals surface area contributed by atoms with Gasteiger partial charge in [-0.3, -0.25) is 9.52 Å². The lowest BCUT2D eigenvalue weighted by Gasteiger charge is -2.21. The fraction of sp³-hybridized carbons (Fsp3) is 0.208. The first-order valence-corrected chi connectivity index (χ1v) is 13.7. The van der Waals surface area contributed by atoms with Crippen LogP contribution in [0.5, 0.6) is 11.5 Å². The number of rotatable bonds is 9. The molecule has 0 radical (unpaired) electrons. The Kier molecular flexibility index (Phi) is 6.84. The van der Waals surface area contributed by atoms with Crippen molar-refractivity contribution in [3.8, 4) is 11.5 Å². The van der Waals surface area contributed by atoms with Crippen molar-refractivity contribution in [3.63, 3.8) is 0 Å². The van der Waals surface area contributed by atoms with Crippen LogP contribution in [0.15, 0.2) is 76.5 Å². The molecule has 0 aromatic heterocycles. The van der Waals surface area contributed by atoms with Crippen LogP contribution in [0.1, 0.15) is 29.8 Å². The van der Waals surface area contributed by atoms with Gasteiger partial charge in [-0.2, -0.15) is 4.31 Å². The highest BCUT2D eigenvalue weighted by Crippen LogP contribution is 2.38. The molecule has 184 valence electrons. The van der Waals surface area contributed by atoms with Crippen molar-refractivity contribution < 1.29 is 31.1 Å². The van der Waals surface area contributed by atoms with Crippen molar-refractivity contribution >= 4 is 31.5 Å². The van der Waals surface area contributed by atoms with Crippen LogP contribution in [0, 0.1) is 0 Å². The van der Waals surface area contributed by atoms with Crippen LogP contribution in [-0.4, -0.2) is 40.3 Å². The highest BCUT2D eigenvalue weighted by atomic mass is 32.2. The summed E-state index contributed by atoms with van der Waals surface area (Å²) < 4.78 is 66.6. The van der Waals surface area contributed by atoms with E-state index < -0.39 is 20.0 Å². The second-order valence-electron chi connectivity index (χ2n) is 7.80. The quantitative estimate of drug-likeness (QED) is 0.431. The summed E-state index contributed by atoms with van der Waals surface area (Å²) in [5.74, 6) is 0.302. The van der Waals surface area contributed by atoms with Crippen LogP contribution in [0.4, 0.5) is 5.69 Å². The number of ether oxygens (including phenoxy) is 2. The van der Waals surface area contributed by atoms with Gasteiger partial charge in [0.05, 0.1) is 15.5 Å². The number of hydrogen-bond acceptors (Lipinski definition) is 7. The van der Waals surface area contributed by atoms with E-state index in [2.05, 4.69) is 4.72 Å².